The summed E-state index contributed by atoms with van der Waals surface area (Å²) in [6, 6.07) is 7.27. The number of amides is 1. The Labute approximate surface area is 127 Å². The number of rotatable bonds is 7. The molecule has 0 aliphatic carbocycles. The van der Waals surface area contributed by atoms with Crippen molar-refractivity contribution in [2.24, 2.45) is 5.92 Å². The Bertz CT molecular complexity index is 477. The second-order valence-corrected chi connectivity index (χ2v) is 5.93. The number of nitrogens with one attached hydrogen (secondary N) is 1. The van der Waals surface area contributed by atoms with Gasteiger partial charge in [-0.2, -0.15) is 0 Å². The average molecular weight is 343 g/mol. The molecule has 1 amide bonds. The Hall–Kier alpha value is -1.40. The number of hydrogen-bond donors (Lipinski definition) is 2. The number of benzene rings is 1. The number of carboxylic acid groups (broad SMARTS) is 1. The van der Waals surface area contributed by atoms with Gasteiger partial charge in [0.1, 0.15) is 0 Å². The van der Waals surface area contributed by atoms with E-state index < -0.39 is 5.97 Å². The molecule has 1 rings (SSSR count). The van der Waals surface area contributed by atoms with Crippen LogP contribution in [0, 0.1) is 5.92 Å². The van der Waals surface area contributed by atoms with Crippen LogP contribution >= 0.6 is 15.9 Å². The molecular formula is C14H19BrN2O3. The summed E-state index contributed by atoms with van der Waals surface area (Å²) in [5, 5.41) is 11.6. The van der Waals surface area contributed by atoms with Gasteiger partial charge in [-0.15, -0.1) is 0 Å². The van der Waals surface area contributed by atoms with Crippen LogP contribution in [0.4, 0.5) is 5.69 Å². The second kappa shape index (κ2) is 8.01. The minimum Gasteiger partial charge on any atom is -0.480 e. The number of hydrogen-bond acceptors (Lipinski definition) is 3. The lowest BCUT2D eigenvalue weighted by Crippen LogP contribution is -2.39. The van der Waals surface area contributed by atoms with E-state index in [4.69, 9.17) is 5.11 Å². The number of carbonyl (C=O) groups excluding carboxylic acids is 1. The number of anilines is 1. The fourth-order valence-corrected chi connectivity index (χ4v) is 2.26. The zero-order valence-corrected chi connectivity index (χ0v) is 13.2. The van der Waals surface area contributed by atoms with E-state index in [1.54, 1.807) is 17.0 Å². The van der Waals surface area contributed by atoms with Crippen LogP contribution in [0.5, 0.6) is 0 Å². The molecule has 0 bridgehead atoms. The summed E-state index contributed by atoms with van der Waals surface area (Å²) in [5.74, 6) is -0.848. The maximum Gasteiger partial charge on any atom is 0.317 e. The minimum atomic E-state index is -0.930. The van der Waals surface area contributed by atoms with Crippen molar-refractivity contribution in [2.75, 3.05) is 25.0 Å². The first-order chi connectivity index (χ1) is 9.36. The fraction of sp³-hybridized carbons (Fsp3) is 0.429. The van der Waals surface area contributed by atoms with E-state index in [-0.39, 0.29) is 19.0 Å². The first kappa shape index (κ1) is 16.7. The molecule has 0 aliphatic heterocycles. The zero-order valence-electron chi connectivity index (χ0n) is 11.6. The Morgan fingerprint density at radius 3 is 2.60 bits per heavy atom. The third kappa shape index (κ3) is 6.68. The third-order valence-corrected chi connectivity index (χ3v) is 2.95. The minimum absolute atomic E-state index is 0.0665. The van der Waals surface area contributed by atoms with Crippen molar-refractivity contribution >= 4 is 33.5 Å². The molecule has 0 saturated heterocycles. The highest BCUT2D eigenvalue weighted by Crippen LogP contribution is 2.15. The normalized spacial score (nSPS) is 10.8. The lowest BCUT2D eigenvalue weighted by atomic mass is 10.2. The SMILES string of the molecule is CC(C)CN(CC(=O)O)CC(=O)Nc1cccc(Br)c1. The highest BCUT2D eigenvalue weighted by molar-refractivity contribution is 9.10. The number of carboxylic acids is 1. The van der Waals surface area contributed by atoms with E-state index in [1.807, 2.05) is 26.0 Å². The van der Waals surface area contributed by atoms with E-state index >= 15 is 0 Å². The van der Waals surface area contributed by atoms with Crippen molar-refractivity contribution in [1.29, 1.82) is 0 Å². The Morgan fingerprint density at radius 2 is 2.05 bits per heavy atom. The standard InChI is InChI=1S/C14H19BrN2O3/c1-10(2)7-17(9-14(19)20)8-13(18)16-12-5-3-4-11(15)6-12/h3-6,10H,7-9H2,1-2H3,(H,16,18)(H,19,20). The quantitative estimate of drug-likeness (QED) is 0.798. The molecule has 0 radical (unpaired) electrons. The van der Waals surface area contributed by atoms with Gasteiger partial charge in [-0.3, -0.25) is 14.5 Å². The molecule has 0 unspecified atom stereocenters. The molecule has 1 aromatic carbocycles. The van der Waals surface area contributed by atoms with Gasteiger partial charge in [0, 0.05) is 16.7 Å². The fourth-order valence-electron chi connectivity index (χ4n) is 1.86. The summed E-state index contributed by atoms with van der Waals surface area (Å²) in [7, 11) is 0. The molecule has 0 aromatic heterocycles. The topological polar surface area (TPSA) is 69.6 Å². The number of carbonyl (C=O) groups is 2. The predicted molar refractivity (Wildman–Crippen MR) is 81.7 cm³/mol. The average Bonchev–Trinajstić information content (AvgIpc) is 2.26. The molecule has 0 fully saturated rings. The van der Waals surface area contributed by atoms with Crippen molar-refractivity contribution in [3.63, 3.8) is 0 Å². The Kier molecular flexibility index (Phi) is 6.67. The van der Waals surface area contributed by atoms with Gasteiger partial charge >= 0.3 is 5.97 Å². The van der Waals surface area contributed by atoms with Crippen molar-refractivity contribution in [2.45, 2.75) is 13.8 Å². The molecule has 2 N–H and O–H groups in total. The molecule has 6 heteroatoms. The summed E-state index contributed by atoms with van der Waals surface area (Å²) >= 11 is 3.33. The summed E-state index contributed by atoms with van der Waals surface area (Å²) in [6.07, 6.45) is 0. The van der Waals surface area contributed by atoms with Crippen LogP contribution in [-0.4, -0.2) is 41.5 Å². The summed E-state index contributed by atoms with van der Waals surface area (Å²) < 4.78 is 0.875. The first-order valence-electron chi connectivity index (χ1n) is 6.36. The Balaban J connectivity index is 2.58. The lowest BCUT2D eigenvalue weighted by molar-refractivity contribution is -0.138. The van der Waals surface area contributed by atoms with Crippen LogP contribution in [0.3, 0.4) is 0 Å². The van der Waals surface area contributed by atoms with Gasteiger partial charge in [0.25, 0.3) is 0 Å². The number of aliphatic carboxylic acids is 1. The summed E-state index contributed by atoms with van der Waals surface area (Å²) in [6.45, 7) is 4.47. The highest BCUT2D eigenvalue weighted by atomic mass is 79.9. The van der Waals surface area contributed by atoms with E-state index in [9.17, 15) is 9.59 Å². The molecule has 20 heavy (non-hydrogen) atoms. The van der Waals surface area contributed by atoms with Crippen LogP contribution in [0.2, 0.25) is 0 Å². The molecule has 0 saturated carbocycles. The van der Waals surface area contributed by atoms with Crippen LogP contribution in [0.25, 0.3) is 0 Å². The van der Waals surface area contributed by atoms with E-state index in [0.29, 0.717) is 18.2 Å². The lowest BCUT2D eigenvalue weighted by Gasteiger charge is -2.21. The van der Waals surface area contributed by atoms with E-state index in [1.165, 1.54) is 0 Å². The van der Waals surface area contributed by atoms with Crippen LogP contribution in [0.15, 0.2) is 28.7 Å². The van der Waals surface area contributed by atoms with Gasteiger partial charge in [-0.25, -0.2) is 0 Å². The van der Waals surface area contributed by atoms with Crippen LogP contribution in [-0.2, 0) is 9.59 Å². The van der Waals surface area contributed by atoms with Gasteiger partial charge in [0.05, 0.1) is 13.1 Å². The van der Waals surface area contributed by atoms with Gasteiger partial charge in [0.2, 0.25) is 5.91 Å². The number of halogens is 1. The third-order valence-electron chi connectivity index (χ3n) is 2.46. The zero-order chi connectivity index (χ0) is 15.1. The van der Waals surface area contributed by atoms with Crippen molar-refractivity contribution in [3.8, 4) is 0 Å². The second-order valence-electron chi connectivity index (χ2n) is 5.02. The summed E-state index contributed by atoms with van der Waals surface area (Å²) in [5.41, 5.74) is 0.684. The van der Waals surface area contributed by atoms with Crippen molar-refractivity contribution in [3.05, 3.63) is 28.7 Å². The van der Waals surface area contributed by atoms with E-state index in [2.05, 4.69) is 21.2 Å². The monoisotopic (exact) mass is 342 g/mol. The largest absolute Gasteiger partial charge is 0.480 e. The molecule has 0 spiro atoms. The number of nitrogens with zero attached hydrogens (tertiary/aromatic N) is 1. The molecule has 5 nitrogen and oxygen atoms in total. The molecule has 110 valence electrons. The van der Waals surface area contributed by atoms with Gasteiger partial charge < -0.3 is 10.4 Å². The van der Waals surface area contributed by atoms with Crippen LogP contribution < -0.4 is 5.32 Å². The molecule has 1 aromatic rings. The van der Waals surface area contributed by atoms with E-state index in [0.717, 1.165) is 4.47 Å². The van der Waals surface area contributed by atoms with Gasteiger partial charge in [-0.1, -0.05) is 35.8 Å². The van der Waals surface area contributed by atoms with Crippen molar-refractivity contribution in [1.82, 2.24) is 4.90 Å². The Morgan fingerprint density at radius 1 is 1.35 bits per heavy atom. The molecular weight excluding hydrogens is 324 g/mol. The smallest absolute Gasteiger partial charge is 0.317 e. The molecule has 0 aliphatic rings. The van der Waals surface area contributed by atoms with Crippen LogP contribution in [0.1, 0.15) is 13.8 Å². The molecule has 0 heterocycles. The first-order valence-corrected chi connectivity index (χ1v) is 7.15. The summed E-state index contributed by atoms with van der Waals surface area (Å²) in [4.78, 5) is 24.4. The predicted octanol–water partition coefficient (Wildman–Crippen LogP) is 2.43. The van der Waals surface area contributed by atoms with Crippen molar-refractivity contribution < 1.29 is 14.7 Å². The highest BCUT2D eigenvalue weighted by Gasteiger charge is 2.15. The maximum atomic E-state index is 11.9. The van der Waals surface area contributed by atoms with Gasteiger partial charge in [-0.05, 0) is 24.1 Å². The van der Waals surface area contributed by atoms with Gasteiger partial charge in [0.15, 0.2) is 0 Å². The maximum absolute atomic E-state index is 11.9. The molecule has 0 atom stereocenters.